The van der Waals surface area contributed by atoms with Crippen LogP contribution >= 0.6 is 15.9 Å². The van der Waals surface area contributed by atoms with E-state index in [9.17, 15) is 9.18 Å². The lowest BCUT2D eigenvalue weighted by Gasteiger charge is -1.96. The highest BCUT2D eigenvalue weighted by Crippen LogP contribution is 2.16. The molecule has 1 aromatic carbocycles. The molecule has 0 aliphatic rings. The maximum absolute atomic E-state index is 13.1. The molecule has 2 nitrogen and oxygen atoms in total. The molecule has 0 aliphatic carbocycles. The first kappa shape index (κ1) is 10.9. The third-order valence-corrected chi connectivity index (χ3v) is 2.04. The van der Waals surface area contributed by atoms with Crippen molar-refractivity contribution >= 4 is 28.0 Å². The Hall–Kier alpha value is -1.16. The summed E-state index contributed by atoms with van der Waals surface area (Å²) in [6.07, 6.45) is 2.76. The Morgan fingerprint density at radius 3 is 2.93 bits per heavy atom. The van der Waals surface area contributed by atoms with Crippen LogP contribution in [0.1, 0.15) is 12.0 Å². The number of carboxylic acids is 1. The average molecular weight is 259 g/mol. The maximum atomic E-state index is 13.1. The van der Waals surface area contributed by atoms with Crippen LogP contribution in [0.5, 0.6) is 0 Å². The van der Waals surface area contributed by atoms with Gasteiger partial charge >= 0.3 is 5.97 Å². The molecule has 0 aromatic heterocycles. The lowest BCUT2D eigenvalue weighted by Crippen LogP contribution is -1.90. The highest BCUT2D eigenvalue weighted by atomic mass is 79.9. The fourth-order valence-corrected chi connectivity index (χ4v) is 1.31. The standard InChI is InChI=1S/C10H8BrFO2/c11-8-4-5-9(12)7(6-8)2-1-3-10(13)14/h1-2,4-6H,3H2,(H,13,14). The van der Waals surface area contributed by atoms with Gasteiger partial charge in [-0.3, -0.25) is 4.79 Å². The highest BCUT2D eigenvalue weighted by Gasteiger charge is 1.98. The van der Waals surface area contributed by atoms with Crippen molar-refractivity contribution in [2.75, 3.05) is 0 Å². The molecule has 1 N–H and O–H groups in total. The lowest BCUT2D eigenvalue weighted by molar-refractivity contribution is -0.135. The van der Waals surface area contributed by atoms with E-state index in [1.807, 2.05) is 0 Å². The van der Waals surface area contributed by atoms with E-state index in [4.69, 9.17) is 5.11 Å². The Morgan fingerprint density at radius 1 is 1.57 bits per heavy atom. The topological polar surface area (TPSA) is 37.3 Å². The second kappa shape index (κ2) is 4.91. The lowest BCUT2D eigenvalue weighted by atomic mass is 10.2. The van der Waals surface area contributed by atoms with Gasteiger partial charge in [-0.2, -0.15) is 0 Å². The summed E-state index contributed by atoms with van der Waals surface area (Å²) < 4.78 is 13.8. The molecule has 0 aliphatic heterocycles. The van der Waals surface area contributed by atoms with Crippen LogP contribution in [0.15, 0.2) is 28.7 Å². The molecule has 0 atom stereocenters. The minimum atomic E-state index is -0.934. The summed E-state index contributed by atoms with van der Waals surface area (Å²) in [5, 5.41) is 8.36. The molecule has 1 rings (SSSR count). The Labute approximate surface area is 89.2 Å². The van der Waals surface area contributed by atoms with E-state index in [-0.39, 0.29) is 12.2 Å². The fraction of sp³-hybridized carbons (Fsp3) is 0.100. The molecule has 0 saturated carbocycles. The van der Waals surface area contributed by atoms with Crippen molar-refractivity contribution in [1.82, 2.24) is 0 Å². The summed E-state index contributed by atoms with van der Waals surface area (Å²) in [6, 6.07) is 4.50. The molecule has 0 amide bonds. The Morgan fingerprint density at radius 2 is 2.29 bits per heavy atom. The van der Waals surface area contributed by atoms with Crippen molar-refractivity contribution in [1.29, 1.82) is 0 Å². The van der Waals surface area contributed by atoms with Gasteiger partial charge in [0.25, 0.3) is 0 Å². The summed E-state index contributed by atoms with van der Waals surface area (Å²) in [5.41, 5.74) is 0.376. The van der Waals surface area contributed by atoms with Crippen LogP contribution in [0, 0.1) is 5.82 Å². The number of hydrogen-bond donors (Lipinski definition) is 1. The maximum Gasteiger partial charge on any atom is 0.307 e. The van der Waals surface area contributed by atoms with Gasteiger partial charge in [-0.05, 0) is 18.2 Å². The molecular weight excluding hydrogens is 251 g/mol. The smallest absolute Gasteiger partial charge is 0.307 e. The van der Waals surface area contributed by atoms with Crippen molar-refractivity contribution in [3.8, 4) is 0 Å². The molecule has 0 fully saturated rings. The normalized spacial score (nSPS) is 10.7. The first-order chi connectivity index (χ1) is 6.59. The molecule has 14 heavy (non-hydrogen) atoms. The minimum absolute atomic E-state index is 0.105. The second-order valence-electron chi connectivity index (χ2n) is 2.67. The number of hydrogen-bond acceptors (Lipinski definition) is 1. The van der Waals surface area contributed by atoms with Crippen LogP contribution in [-0.2, 0) is 4.79 Å². The van der Waals surface area contributed by atoms with Gasteiger partial charge in [0.2, 0.25) is 0 Å². The van der Waals surface area contributed by atoms with Gasteiger partial charge in [0.1, 0.15) is 5.82 Å². The van der Waals surface area contributed by atoms with Crippen LogP contribution in [0.4, 0.5) is 4.39 Å². The average Bonchev–Trinajstić information content (AvgIpc) is 2.10. The molecular formula is C10H8BrFO2. The van der Waals surface area contributed by atoms with Gasteiger partial charge in [0.05, 0.1) is 6.42 Å². The third kappa shape index (κ3) is 3.30. The van der Waals surface area contributed by atoms with Crippen LogP contribution < -0.4 is 0 Å². The quantitative estimate of drug-likeness (QED) is 0.905. The highest BCUT2D eigenvalue weighted by molar-refractivity contribution is 9.10. The van der Waals surface area contributed by atoms with Crippen molar-refractivity contribution in [2.45, 2.75) is 6.42 Å². The summed E-state index contributed by atoms with van der Waals surface area (Å²) in [4.78, 5) is 10.2. The number of carbonyl (C=O) groups is 1. The van der Waals surface area contributed by atoms with E-state index in [1.165, 1.54) is 18.2 Å². The van der Waals surface area contributed by atoms with Gasteiger partial charge in [0.15, 0.2) is 0 Å². The number of carboxylic acid groups (broad SMARTS) is 1. The van der Waals surface area contributed by atoms with Crippen LogP contribution in [0.2, 0.25) is 0 Å². The van der Waals surface area contributed by atoms with Crippen molar-refractivity contribution < 1.29 is 14.3 Å². The van der Waals surface area contributed by atoms with E-state index in [0.29, 0.717) is 5.56 Å². The molecule has 0 spiro atoms. The zero-order valence-electron chi connectivity index (χ0n) is 7.21. The Bertz CT molecular complexity index is 374. The first-order valence-electron chi connectivity index (χ1n) is 3.93. The van der Waals surface area contributed by atoms with Crippen molar-refractivity contribution in [3.05, 3.63) is 40.1 Å². The Balaban J connectivity index is 2.80. The van der Waals surface area contributed by atoms with E-state index >= 15 is 0 Å². The zero-order chi connectivity index (χ0) is 10.6. The SMILES string of the molecule is O=C(O)CC=Cc1cc(Br)ccc1F. The number of halogens is 2. The number of aliphatic carboxylic acids is 1. The Kier molecular flexibility index (Phi) is 3.83. The number of rotatable bonds is 3. The van der Waals surface area contributed by atoms with E-state index < -0.39 is 5.97 Å². The summed E-state index contributed by atoms with van der Waals surface area (Å²) in [5.74, 6) is -1.30. The van der Waals surface area contributed by atoms with Gasteiger partial charge in [-0.25, -0.2) is 4.39 Å². The predicted molar refractivity (Wildman–Crippen MR) is 55.4 cm³/mol. The molecule has 0 radical (unpaired) electrons. The van der Waals surface area contributed by atoms with Gasteiger partial charge in [-0.15, -0.1) is 0 Å². The van der Waals surface area contributed by atoms with Crippen LogP contribution in [0.3, 0.4) is 0 Å². The third-order valence-electron chi connectivity index (χ3n) is 1.55. The fourth-order valence-electron chi connectivity index (χ4n) is 0.929. The zero-order valence-corrected chi connectivity index (χ0v) is 8.79. The molecule has 0 heterocycles. The summed E-state index contributed by atoms with van der Waals surface area (Å²) >= 11 is 3.20. The molecule has 0 bridgehead atoms. The minimum Gasteiger partial charge on any atom is -0.481 e. The number of benzene rings is 1. The second-order valence-corrected chi connectivity index (χ2v) is 3.58. The van der Waals surface area contributed by atoms with E-state index in [2.05, 4.69) is 15.9 Å². The van der Waals surface area contributed by atoms with Gasteiger partial charge in [0, 0.05) is 10.0 Å². The first-order valence-corrected chi connectivity index (χ1v) is 4.72. The summed E-state index contributed by atoms with van der Waals surface area (Å²) in [6.45, 7) is 0. The van der Waals surface area contributed by atoms with Gasteiger partial charge < -0.3 is 5.11 Å². The van der Waals surface area contributed by atoms with Crippen molar-refractivity contribution in [2.24, 2.45) is 0 Å². The molecule has 0 saturated heterocycles. The molecule has 1 aromatic rings. The van der Waals surface area contributed by atoms with Crippen LogP contribution in [0.25, 0.3) is 6.08 Å². The molecule has 74 valence electrons. The van der Waals surface area contributed by atoms with E-state index in [0.717, 1.165) is 4.47 Å². The molecule has 4 heteroatoms. The molecule has 0 unspecified atom stereocenters. The van der Waals surface area contributed by atoms with E-state index in [1.54, 1.807) is 12.1 Å². The largest absolute Gasteiger partial charge is 0.481 e. The monoisotopic (exact) mass is 258 g/mol. The van der Waals surface area contributed by atoms with Gasteiger partial charge in [-0.1, -0.05) is 28.1 Å². The predicted octanol–water partition coefficient (Wildman–Crippen LogP) is 3.08. The summed E-state index contributed by atoms with van der Waals surface area (Å²) in [7, 11) is 0. The van der Waals surface area contributed by atoms with Crippen molar-refractivity contribution in [3.63, 3.8) is 0 Å². The van der Waals surface area contributed by atoms with Crippen LogP contribution in [-0.4, -0.2) is 11.1 Å².